The zero-order valence-electron chi connectivity index (χ0n) is 15.0. The van der Waals surface area contributed by atoms with E-state index in [2.05, 4.69) is 55.4 Å². The van der Waals surface area contributed by atoms with Crippen molar-refractivity contribution < 1.29 is 9.59 Å². The average Bonchev–Trinajstić information content (AvgIpc) is 2.11. The summed E-state index contributed by atoms with van der Waals surface area (Å²) in [5.41, 5.74) is 0. The lowest BCUT2D eigenvalue weighted by Gasteiger charge is -2.05. The van der Waals surface area contributed by atoms with E-state index in [9.17, 15) is 9.59 Å². The molecule has 0 aliphatic rings. The second kappa shape index (κ2) is 12.1. The molecule has 0 saturated heterocycles. The molecule has 0 aliphatic carbocycles. The molecule has 0 radical (unpaired) electrons. The highest BCUT2D eigenvalue weighted by Gasteiger charge is 2.07. The molecule has 0 aromatic carbocycles. The molecular formula is C18H36O2. The van der Waals surface area contributed by atoms with Crippen LogP contribution < -0.4 is 0 Å². The Kier molecular flexibility index (Phi) is 13.1. The van der Waals surface area contributed by atoms with Gasteiger partial charge < -0.3 is 0 Å². The second-order valence-corrected chi connectivity index (χ2v) is 7.47. The molecule has 2 heteroatoms. The lowest BCUT2D eigenvalue weighted by molar-refractivity contribution is -0.121. The van der Waals surface area contributed by atoms with E-state index in [0.717, 1.165) is 25.7 Å². The summed E-state index contributed by atoms with van der Waals surface area (Å²) in [6.45, 7) is 16.7. The summed E-state index contributed by atoms with van der Waals surface area (Å²) < 4.78 is 0. The number of carbonyl (C=O) groups is 2. The highest BCUT2D eigenvalue weighted by molar-refractivity contribution is 5.79. The number of rotatable bonds is 8. The largest absolute Gasteiger partial charge is 0.300 e. The van der Waals surface area contributed by atoms with Gasteiger partial charge in [-0.2, -0.15) is 0 Å². The fourth-order valence-corrected chi connectivity index (χ4v) is 1.99. The molecule has 0 N–H and O–H groups in total. The topological polar surface area (TPSA) is 34.1 Å². The van der Waals surface area contributed by atoms with E-state index in [-0.39, 0.29) is 0 Å². The van der Waals surface area contributed by atoms with Crippen molar-refractivity contribution in [1.82, 2.24) is 0 Å². The Morgan fingerprint density at radius 1 is 0.500 bits per heavy atom. The van der Waals surface area contributed by atoms with Gasteiger partial charge in [-0.25, -0.2) is 0 Å². The van der Waals surface area contributed by atoms with Gasteiger partial charge in [0.1, 0.15) is 11.6 Å². The molecule has 0 heterocycles. The molecule has 0 aliphatic heterocycles. The summed E-state index contributed by atoms with van der Waals surface area (Å²) in [4.78, 5) is 22.1. The third-order valence-corrected chi connectivity index (χ3v) is 2.54. The Balaban J connectivity index is 0. The lowest BCUT2D eigenvalue weighted by atomic mass is 10.00. The molecule has 0 aromatic rings. The maximum atomic E-state index is 11.1. The summed E-state index contributed by atoms with van der Waals surface area (Å²) in [5.74, 6) is 2.89. The van der Waals surface area contributed by atoms with Crippen LogP contribution in [0.4, 0.5) is 0 Å². The lowest BCUT2D eigenvalue weighted by Crippen LogP contribution is -2.05. The molecular weight excluding hydrogens is 248 g/mol. The number of carbonyl (C=O) groups excluding carboxylic acids is 2. The van der Waals surface area contributed by atoms with E-state index < -0.39 is 0 Å². The summed E-state index contributed by atoms with van der Waals surface area (Å²) in [6, 6.07) is 0. The Morgan fingerprint density at radius 3 is 0.750 bits per heavy atom. The molecule has 0 unspecified atom stereocenters. The van der Waals surface area contributed by atoms with Gasteiger partial charge in [-0.15, -0.1) is 0 Å². The Bertz CT molecular complexity index is 211. The fraction of sp³-hybridized carbons (Fsp3) is 0.889. The monoisotopic (exact) mass is 284 g/mol. The molecule has 0 rings (SSSR count). The quantitative estimate of drug-likeness (QED) is 0.606. The third kappa shape index (κ3) is 19.7. The Labute approximate surface area is 126 Å². The molecule has 0 bridgehead atoms. The Morgan fingerprint density at radius 2 is 0.650 bits per heavy atom. The van der Waals surface area contributed by atoms with Gasteiger partial charge in [0.25, 0.3) is 0 Å². The van der Waals surface area contributed by atoms with Gasteiger partial charge in [0.2, 0.25) is 0 Å². The first-order valence-corrected chi connectivity index (χ1v) is 8.07. The number of Topliss-reactive ketones (excluding diaryl/α,β-unsaturated/α-hetero) is 2. The van der Waals surface area contributed by atoms with Crippen molar-refractivity contribution in [2.45, 2.75) is 81.1 Å². The van der Waals surface area contributed by atoms with Crippen LogP contribution in [0.1, 0.15) is 81.1 Å². The zero-order valence-corrected chi connectivity index (χ0v) is 15.0. The fourth-order valence-electron chi connectivity index (χ4n) is 1.99. The van der Waals surface area contributed by atoms with Crippen molar-refractivity contribution in [3.63, 3.8) is 0 Å². The molecule has 0 saturated carbocycles. The first-order valence-electron chi connectivity index (χ1n) is 8.07. The van der Waals surface area contributed by atoms with E-state index in [0.29, 0.717) is 35.2 Å². The SMILES string of the molecule is CC(C)CC(=O)CC(C)C.CC(C)CC(=O)CC(C)C. The van der Waals surface area contributed by atoms with Crippen molar-refractivity contribution in [3.8, 4) is 0 Å². The van der Waals surface area contributed by atoms with Crippen LogP contribution in [0.5, 0.6) is 0 Å². The van der Waals surface area contributed by atoms with Crippen molar-refractivity contribution >= 4 is 11.6 Å². The van der Waals surface area contributed by atoms with Gasteiger partial charge in [-0.3, -0.25) is 9.59 Å². The van der Waals surface area contributed by atoms with Crippen LogP contribution in [0.2, 0.25) is 0 Å². The maximum absolute atomic E-state index is 11.1. The molecule has 2 nitrogen and oxygen atoms in total. The van der Waals surface area contributed by atoms with Gasteiger partial charge in [0.05, 0.1) is 0 Å². The molecule has 0 aromatic heterocycles. The smallest absolute Gasteiger partial charge is 0.133 e. The van der Waals surface area contributed by atoms with Gasteiger partial charge in [0.15, 0.2) is 0 Å². The van der Waals surface area contributed by atoms with Crippen LogP contribution >= 0.6 is 0 Å². The first-order chi connectivity index (χ1) is 9.04. The third-order valence-electron chi connectivity index (χ3n) is 2.54. The summed E-state index contributed by atoms with van der Waals surface area (Å²) in [7, 11) is 0. The molecule has 120 valence electrons. The van der Waals surface area contributed by atoms with E-state index in [1.54, 1.807) is 0 Å². The zero-order chi connectivity index (χ0) is 16.3. The van der Waals surface area contributed by atoms with Gasteiger partial charge >= 0.3 is 0 Å². The van der Waals surface area contributed by atoms with Crippen LogP contribution in [0, 0.1) is 23.7 Å². The van der Waals surface area contributed by atoms with Gasteiger partial charge in [-0.05, 0) is 23.7 Å². The normalized spacial score (nSPS) is 11.0. The van der Waals surface area contributed by atoms with E-state index in [1.165, 1.54) is 0 Å². The van der Waals surface area contributed by atoms with Crippen LogP contribution in [0.25, 0.3) is 0 Å². The van der Waals surface area contributed by atoms with Crippen LogP contribution in [0.3, 0.4) is 0 Å². The summed E-state index contributed by atoms with van der Waals surface area (Å²) in [6.07, 6.45) is 2.99. The van der Waals surface area contributed by atoms with Crippen molar-refractivity contribution in [2.75, 3.05) is 0 Å². The van der Waals surface area contributed by atoms with Crippen molar-refractivity contribution in [1.29, 1.82) is 0 Å². The van der Waals surface area contributed by atoms with Crippen LogP contribution in [-0.4, -0.2) is 11.6 Å². The number of ketones is 2. The minimum Gasteiger partial charge on any atom is -0.300 e. The molecule has 0 fully saturated rings. The van der Waals surface area contributed by atoms with Gasteiger partial charge in [-0.1, -0.05) is 55.4 Å². The predicted molar refractivity (Wildman–Crippen MR) is 87.8 cm³/mol. The Hall–Kier alpha value is -0.660. The summed E-state index contributed by atoms with van der Waals surface area (Å²) in [5, 5.41) is 0. The average molecular weight is 284 g/mol. The van der Waals surface area contributed by atoms with E-state index in [4.69, 9.17) is 0 Å². The van der Waals surface area contributed by atoms with Crippen molar-refractivity contribution in [3.05, 3.63) is 0 Å². The predicted octanol–water partition coefficient (Wildman–Crippen LogP) is 5.30. The highest BCUT2D eigenvalue weighted by Crippen LogP contribution is 2.08. The summed E-state index contributed by atoms with van der Waals surface area (Å²) >= 11 is 0. The highest BCUT2D eigenvalue weighted by atomic mass is 16.1. The van der Waals surface area contributed by atoms with Crippen molar-refractivity contribution in [2.24, 2.45) is 23.7 Å². The second-order valence-electron chi connectivity index (χ2n) is 7.47. The molecule has 0 atom stereocenters. The van der Waals surface area contributed by atoms with Gasteiger partial charge in [0, 0.05) is 25.7 Å². The van der Waals surface area contributed by atoms with Crippen LogP contribution in [0.15, 0.2) is 0 Å². The van der Waals surface area contributed by atoms with E-state index >= 15 is 0 Å². The molecule has 0 spiro atoms. The van der Waals surface area contributed by atoms with E-state index in [1.807, 2.05) is 0 Å². The minimum absolute atomic E-state index is 0.407. The molecule has 0 amide bonds. The minimum atomic E-state index is 0.407. The standard InChI is InChI=1S/2C9H18O/c2*1-7(2)5-9(10)6-8(3)4/h2*7-8H,5-6H2,1-4H3. The number of hydrogen-bond donors (Lipinski definition) is 0. The van der Waals surface area contributed by atoms with Crippen LogP contribution in [-0.2, 0) is 9.59 Å². The first kappa shape index (κ1) is 21.6. The maximum Gasteiger partial charge on any atom is 0.133 e. The molecule has 20 heavy (non-hydrogen) atoms. The number of hydrogen-bond acceptors (Lipinski definition) is 2.